The van der Waals surface area contributed by atoms with E-state index in [4.69, 9.17) is 16.9 Å². The van der Waals surface area contributed by atoms with Crippen LogP contribution in [0.4, 0.5) is 0 Å². The molecule has 1 aliphatic heterocycles. The van der Waals surface area contributed by atoms with Crippen molar-refractivity contribution in [2.45, 2.75) is 31.6 Å². The number of rotatable bonds is 3. The molecule has 3 nitrogen and oxygen atoms in total. The van der Waals surface area contributed by atoms with Crippen molar-refractivity contribution in [1.29, 1.82) is 5.26 Å². The number of hydrogen-bond acceptors (Lipinski definition) is 2. The summed E-state index contributed by atoms with van der Waals surface area (Å²) in [7, 11) is 0. The van der Waals surface area contributed by atoms with Gasteiger partial charge in [-0.25, -0.2) is 0 Å². The number of carbonyl (C=O) groups excluding carboxylic acids is 1. The molecule has 2 aliphatic rings. The van der Waals surface area contributed by atoms with E-state index in [1.165, 1.54) is 0 Å². The molecule has 1 aliphatic carbocycles. The SMILES string of the molecule is N#CC1CCN(C(=O)C(c2ccc(Cl)cc2)C2CC2)CC1. The fraction of sp³-hybridized carbons (Fsp3) is 0.529. The van der Waals surface area contributed by atoms with Crippen molar-refractivity contribution in [2.75, 3.05) is 13.1 Å². The Labute approximate surface area is 130 Å². The molecule has 0 aromatic heterocycles. The Morgan fingerprint density at radius 1 is 1.19 bits per heavy atom. The molecule has 1 atom stereocenters. The molecule has 0 radical (unpaired) electrons. The molecule has 1 amide bonds. The van der Waals surface area contributed by atoms with Gasteiger partial charge in [0, 0.05) is 24.0 Å². The molecule has 4 heteroatoms. The molecular weight excluding hydrogens is 284 g/mol. The van der Waals surface area contributed by atoms with Gasteiger partial charge in [0.2, 0.25) is 5.91 Å². The second-order valence-corrected chi connectivity index (χ2v) is 6.53. The summed E-state index contributed by atoms with van der Waals surface area (Å²) in [6.07, 6.45) is 3.88. The zero-order valence-corrected chi connectivity index (χ0v) is 12.7. The van der Waals surface area contributed by atoms with E-state index < -0.39 is 0 Å². The second kappa shape index (κ2) is 6.07. The second-order valence-electron chi connectivity index (χ2n) is 6.10. The van der Waals surface area contributed by atoms with Gasteiger partial charge in [0.05, 0.1) is 12.0 Å². The van der Waals surface area contributed by atoms with E-state index in [0.29, 0.717) is 24.0 Å². The predicted molar refractivity (Wildman–Crippen MR) is 81.8 cm³/mol. The Bertz CT molecular complexity index is 551. The minimum Gasteiger partial charge on any atom is -0.342 e. The molecular formula is C17H19ClN2O. The average molecular weight is 303 g/mol. The highest BCUT2D eigenvalue weighted by molar-refractivity contribution is 6.30. The van der Waals surface area contributed by atoms with E-state index in [1.807, 2.05) is 29.2 Å². The number of nitriles is 1. The van der Waals surface area contributed by atoms with Gasteiger partial charge in [-0.1, -0.05) is 23.7 Å². The van der Waals surface area contributed by atoms with Crippen LogP contribution in [0.2, 0.25) is 5.02 Å². The molecule has 1 saturated heterocycles. The maximum Gasteiger partial charge on any atom is 0.230 e. The zero-order valence-electron chi connectivity index (χ0n) is 12.0. The summed E-state index contributed by atoms with van der Waals surface area (Å²) >= 11 is 5.95. The number of halogens is 1. The average Bonchev–Trinajstić information content (AvgIpc) is 3.34. The van der Waals surface area contributed by atoms with Crippen LogP contribution in [0, 0.1) is 23.2 Å². The molecule has 1 saturated carbocycles. The highest BCUT2D eigenvalue weighted by Gasteiger charge is 2.39. The van der Waals surface area contributed by atoms with Crippen molar-refractivity contribution in [1.82, 2.24) is 4.90 Å². The fourth-order valence-corrected chi connectivity index (χ4v) is 3.27. The summed E-state index contributed by atoms with van der Waals surface area (Å²) in [5.74, 6) is 0.799. The first-order valence-corrected chi connectivity index (χ1v) is 8.00. The highest BCUT2D eigenvalue weighted by atomic mass is 35.5. The standard InChI is InChI=1S/C17H19ClN2O/c18-15-5-3-14(4-6-15)16(13-1-2-13)17(21)20-9-7-12(11-19)8-10-20/h3-6,12-13,16H,1-2,7-10H2. The molecule has 110 valence electrons. The van der Waals surface area contributed by atoms with Gasteiger partial charge in [-0.2, -0.15) is 5.26 Å². The van der Waals surface area contributed by atoms with Crippen LogP contribution in [-0.4, -0.2) is 23.9 Å². The third-order valence-electron chi connectivity index (χ3n) is 4.58. The van der Waals surface area contributed by atoms with Crippen LogP contribution in [0.1, 0.15) is 37.2 Å². The molecule has 21 heavy (non-hydrogen) atoms. The van der Waals surface area contributed by atoms with Crippen LogP contribution in [-0.2, 0) is 4.79 Å². The molecule has 0 spiro atoms. The monoisotopic (exact) mass is 302 g/mol. The van der Waals surface area contributed by atoms with Crippen LogP contribution >= 0.6 is 11.6 Å². The van der Waals surface area contributed by atoms with E-state index in [0.717, 1.165) is 31.2 Å². The van der Waals surface area contributed by atoms with Crippen LogP contribution in [0.5, 0.6) is 0 Å². The lowest BCUT2D eigenvalue weighted by atomic mass is 9.91. The van der Waals surface area contributed by atoms with Crippen LogP contribution in [0.15, 0.2) is 24.3 Å². The lowest BCUT2D eigenvalue weighted by molar-refractivity contribution is -0.134. The summed E-state index contributed by atoms with van der Waals surface area (Å²) < 4.78 is 0. The highest BCUT2D eigenvalue weighted by Crippen LogP contribution is 2.44. The van der Waals surface area contributed by atoms with E-state index in [2.05, 4.69) is 6.07 Å². The largest absolute Gasteiger partial charge is 0.342 e. The van der Waals surface area contributed by atoms with Crippen molar-refractivity contribution in [3.05, 3.63) is 34.9 Å². The van der Waals surface area contributed by atoms with Crippen molar-refractivity contribution in [3.63, 3.8) is 0 Å². The Kier molecular flexibility index (Phi) is 4.17. The lowest BCUT2D eigenvalue weighted by Crippen LogP contribution is -2.41. The first-order valence-electron chi connectivity index (χ1n) is 7.63. The van der Waals surface area contributed by atoms with E-state index in [9.17, 15) is 4.79 Å². The summed E-state index contributed by atoms with van der Waals surface area (Å²) in [6.45, 7) is 1.43. The fourth-order valence-electron chi connectivity index (χ4n) is 3.14. The van der Waals surface area contributed by atoms with Gasteiger partial charge in [0.25, 0.3) is 0 Å². The van der Waals surface area contributed by atoms with E-state index >= 15 is 0 Å². The topological polar surface area (TPSA) is 44.1 Å². The predicted octanol–water partition coefficient (Wildman–Crippen LogP) is 3.60. The van der Waals surface area contributed by atoms with Gasteiger partial charge in [-0.15, -0.1) is 0 Å². The van der Waals surface area contributed by atoms with Gasteiger partial charge < -0.3 is 4.90 Å². The molecule has 0 bridgehead atoms. The number of likely N-dealkylation sites (tertiary alicyclic amines) is 1. The van der Waals surface area contributed by atoms with E-state index in [-0.39, 0.29) is 17.7 Å². The Morgan fingerprint density at radius 2 is 1.81 bits per heavy atom. The molecule has 1 heterocycles. The summed E-state index contributed by atoms with van der Waals surface area (Å²) in [4.78, 5) is 14.8. The van der Waals surface area contributed by atoms with Gasteiger partial charge in [-0.3, -0.25) is 4.79 Å². The summed E-state index contributed by atoms with van der Waals surface area (Å²) in [5, 5.41) is 9.67. The van der Waals surface area contributed by atoms with E-state index in [1.54, 1.807) is 0 Å². The van der Waals surface area contributed by atoms with Crippen molar-refractivity contribution < 1.29 is 4.79 Å². The molecule has 1 unspecified atom stereocenters. The molecule has 3 rings (SSSR count). The van der Waals surface area contributed by atoms with Crippen LogP contribution < -0.4 is 0 Å². The maximum atomic E-state index is 12.9. The molecule has 1 aromatic carbocycles. The number of carbonyl (C=O) groups is 1. The van der Waals surface area contributed by atoms with Gasteiger partial charge in [0.15, 0.2) is 0 Å². The quantitative estimate of drug-likeness (QED) is 0.856. The first kappa shape index (κ1) is 14.4. The normalized spacial score (nSPS) is 20.9. The van der Waals surface area contributed by atoms with Crippen LogP contribution in [0.3, 0.4) is 0 Å². The van der Waals surface area contributed by atoms with Crippen molar-refractivity contribution in [3.8, 4) is 6.07 Å². The molecule has 1 aromatic rings. The third-order valence-corrected chi connectivity index (χ3v) is 4.83. The van der Waals surface area contributed by atoms with Crippen molar-refractivity contribution >= 4 is 17.5 Å². The molecule has 2 fully saturated rings. The summed E-state index contributed by atoms with van der Waals surface area (Å²) in [6, 6.07) is 9.99. The number of benzene rings is 1. The first-order chi connectivity index (χ1) is 10.2. The maximum absolute atomic E-state index is 12.9. The smallest absolute Gasteiger partial charge is 0.230 e. The number of piperidine rings is 1. The minimum absolute atomic E-state index is 0.0269. The number of amides is 1. The Hall–Kier alpha value is -1.53. The summed E-state index contributed by atoms with van der Waals surface area (Å²) in [5.41, 5.74) is 1.08. The van der Waals surface area contributed by atoms with Gasteiger partial charge >= 0.3 is 0 Å². The van der Waals surface area contributed by atoms with Gasteiger partial charge in [0.1, 0.15) is 0 Å². The number of hydrogen-bond donors (Lipinski definition) is 0. The molecule has 0 N–H and O–H groups in total. The Morgan fingerprint density at radius 3 is 2.33 bits per heavy atom. The number of nitrogens with zero attached hydrogens (tertiary/aromatic N) is 2. The third kappa shape index (κ3) is 3.22. The lowest BCUT2D eigenvalue weighted by Gasteiger charge is -2.32. The Balaban J connectivity index is 1.74. The van der Waals surface area contributed by atoms with Gasteiger partial charge in [-0.05, 0) is 49.3 Å². The van der Waals surface area contributed by atoms with Crippen molar-refractivity contribution in [2.24, 2.45) is 11.8 Å². The zero-order chi connectivity index (χ0) is 14.8. The van der Waals surface area contributed by atoms with Crippen LogP contribution in [0.25, 0.3) is 0 Å². The minimum atomic E-state index is -0.0269.